The molecule has 0 aromatic heterocycles. The number of likely N-dealkylation sites (tertiary alicyclic amines) is 1. The van der Waals surface area contributed by atoms with Gasteiger partial charge in [0.2, 0.25) is 0 Å². The Morgan fingerprint density at radius 1 is 1.08 bits per heavy atom. The molecule has 0 spiro atoms. The number of nitrogens with zero attached hydrogens (tertiary/aromatic N) is 1. The molecule has 1 aliphatic rings. The van der Waals surface area contributed by atoms with Crippen LogP contribution in [0.1, 0.15) is 30.1 Å². The van der Waals surface area contributed by atoms with Gasteiger partial charge in [0.05, 0.1) is 21.8 Å². The van der Waals surface area contributed by atoms with Crippen molar-refractivity contribution < 1.29 is 14.6 Å². The number of aliphatic hydroxyl groups is 2. The standard InChI is InChI=1S/C19H20Cl2FNO2/c20-15-6-5-13(11-16(15)21)18(24)12-23-9-7-19(25,8-10-23)14-3-1-2-4-17(14)22/h1-6,11,18,24-25H,7-10,12H2. The number of hydrogen-bond acceptors (Lipinski definition) is 3. The summed E-state index contributed by atoms with van der Waals surface area (Å²) >= 11 is 11.9. The molecule has 1 saturated heterocycles. The second-order valence-corrected chi connectivity index (χ2v) is 7.32. The van der Waals surface area contributed by atoms with Gasteiger partial charge in [0.15, 0.2) is 0 Å². The SMILES string of the molecule is OC(CN1CCC(O)(c2ccccc2F)CC1)c1ccc(Cl)c(Cl)c1. The average molecular weight is 384 g/mol. The molecule has 1 atom stereocenters. The maximum absolute atomic E-state index is 14.0. The Balaban J connectivity index is 1.62. The van der Waals surface area contributed by atoms with E-state index in [0.29, 0.717) is 53.6 Å². The third kappa shape index (κ3) is 4.15. The molecule has 2 N–H and O–H groups in total. The zero-order chi connectivity index (χ0) is 18.0. The third-order valence-corrected chi connectivity index (χ3v) is 5.56. The minimum absolute atomic E-state index is 0.347. The molecule has 1 unspecified atom stereocenters. The maximum Gasteiger partial charge on any atom is 0.129 e. The van der Waals surface area contributed by atoms with Gasteiger partial charge in [-0.15, -0.1) is 0 Å². The molecule has 2 aromatic carbocycles. The summed E-state index contributed by atoms with van der Waals surface area (Å²) < 4.78 is 14.0. The van der Waals surface area contributed by atoms with Crippen LogP contribution in [0, 0.1) is 5.82 Å². The lowest BCUT2D eigenvalue weighted by Gasteiger charge is -2.39. The molecular weight excluding hydrogens is 364 g/mol. The third-order valence-electron chi connectivity index (χ3n) is 4.82. The van der Waals surface area contributed by atoms with Gasteiger partial charge >= 0.3 is 0 Å². The fraction of sp³-hybridized carbons (Fsp3) is 0.368. The van der Waals surface area contributed by atoms with E-state index in [1.807, 2.05) is 0 Å². The normalized spacial score (nSPS) is 18.9. The Morgan fingerprint density at radius 3 is 2.40 bits per heavy atom. The van der Waals surface area contributed by atoms with Gasteiger partial charge in [-0.05, 0) is 36.6 Å². The molecule has 1 fully saturated rings. The maximum atomic E-state index is 14.0. The smallest absolute Gasteiger partial charge is 0.129 e. The van der Waals surface area contributed by atoms with Gasteiger partial charge in [-0.2, -0.15) is 0 Å². The zero-order valence-electron chi connectivity index (χ0n) is 13.6. The van der Waals surface area contributed by atoms with Crippen molar-refractivity contribution in [3.05, 3.63) is 69.5 Å². The van der Waals surface area contributed by atoms with E-state index in [9.17, 15) is 14.6 Å². The highest BCUT2D eigenvalue weighted by atomic mass is 35.5. The molecule has 0 radical (unpaired) electrons. The van der Waals surface area contributed by atoms with Crippen molar-refractivity contribution in [1.29, 1.82) is 0 Å². The molecule has 1 heterocycles. The zero-order valence-corrected chi connectivity index (χ0v) is 15.1. The first-order valence-corrected chi connectivity index (χ1v) is 8.97. The van der Waals surface area contributed by atoms with Crippen molar-refractivity contribution in [3.8, 4) is 0 Å². The Bertz CT molecular complexity index is 748. The van der Waals surface area contributed by atoms with Crippen LogP contribution in [0.2, 0.25) is 10.0 Å². The molecule has 3 nitrogen and oxygen atoms in total. The Labute approximate surface area is 156 Å². The number of halogens is 3. The summed E-state index contributed by atoms with van der Waals surface area (Å²) in [4.78, 5) is 2.06. The minimum atomic E-state index is -1.16. The lowest BCUT2D eigenvalue weighted by Crippen LogP contribution is -2.44. The highest BCUT2D eigenvalue weighted by Crippen LogP contribution is 2.35. The first-order chi connectivity index (χ1) is 11.9. The van der Waals surface area contributed by atoms with Crippen molar-refractivity contribution in [2.45, 2.75) is 24.5 Å². The van der Waals surface area contributed by atoms with E-state index in [1.54, 1.807) is 36.4 Å². The predicted octanol–water partition coefficient (Wildman–Crippen LogP) is 4.15. The van der Waals surface area contributed by atoms with Gasteiger partial charge in [0.25, 0.3) is 0 Å². The summed E-state index contributed by atoms with van der Waals surface area (Å²) in [6.45, 7) is 1.57. The van der Waals surface area contributed by atoms with Crippen LogP contribution in [-0.4, -0.2) is 34.7 Å². The van der Waals surface area contributed by atoms with Crippen LogP contribution in [0.25, 0.3) is 0 Å². The molecule has 3 rings (SSSR count). The minimum Gasteiger partial charge on any atom is -0.387 e. The van der Waals surface area contributed by atoms with Crippen molar-refractivity contribution in [3.63, 3.8) is 0 Å². The number of hydrogen-bond donors (Lipinski definition) is 2. The fourth-order valence-electron chi connectivity index (χ4n) is 3.28. The van der Waals surface area contributed by atoms with Gasteiger partial charge < -0.3 is 15.1 Å². The van der Waals surface area contributed by atoms with Crippen molar-refractivity contribution >= 4 is 23.2 Å². The molecule has 2 aromatic rings. The van der Waals surface area contributed by atoms with E-state index in [4.69, 9.17) is 23.2 Å². The number of aliphatic hydroxyl groups excluding tert-OH is 1. The van der Waals surface area contributed by atoms with Crippen LogP contribution in [0.5, 0.6) is 0 Å². The first kappa shape index (κ1) is 18.6. The fourth-order valence-corrected chi connectivity index (χ4v) is 3.59. The highest BCUT2D eigenvalue weighted by molar-refractivity contribution is 6.42. The topological polar surface area (TPSA) is 43.7 Å². The Hall–Kier alpha value is -1.17. The number of rotatable bonds is 4. The van der Waals surface area contributed by atoms with Crippen LogP contribution in [0.4, 0.5) is 4.39 Å². The quantitative estimate of drug-likeness (QED) is 0.833. The Morgan fingerprint density at radius 2 is 1.76 bits per heavy atom. The molecule has 0 aliphatic carbocycles. The Kier molecular flexibility index (Phi) is 5.66. The molecule has 0 saturated carbocycles. The second-order valence-electron chi connectivity index (χ2n) is 6.50. The van der Waals surface area contributed by atoms with Gasteiger partial charge in [0, 0.05) is 25.2 Å². The summed E-state index contributed by atoms with van der Waals surface area (Å²) in [5.74, 6) is -0.380. The van der Waals surface area contributed by atoms with E-state index in [2.05, 4.69) is 4.90 Å². The monoisotopic (exact) mass is 383 g/mol. The summed E-state index contributed by atoms with van der Waals surface area (Å²) in [5, 5.41) is 22.1. The van der Waals surface area contributed by atoms with Crippen LogP contribution in [-0.2, 0) is 5.60 Å². The lowest BCUT2D eigenvalue weighted by atomic mass is 9.84. The lowest BCUT2D eigenvalue weighted by molar-refractivity contribution is -0.0367. The number of β-amino-alcohol motifs (C(OH)–C–C–N with tert-alkyl or cyclic N) is 1. The molecule has 0 amide bonds. The molecule has 1 aliphatic heterocycles. The van der Waals surface area contributed by atoms with Crippen molar-refractivity contribution in [2.24, 2.45) is 0 Å². The largest absolute Gasteiger partial charge is 0.387 e. The van der Waals surface area contributed by atoms with Crippen LogP contribution < -0.4 is 0 Å². The van der Waals surface area contributed by atoms with E-state index >= 15 is 0 Å². The van der Waals surface area contributed by atoms with E-state index in [0.717, 1.165) is 0 Å². The van der Waals surface area contributed by atoms with Crippen molar-refractivity contribution in [2.75, 3.05) is 19.6 Å². The summed E-state index contributed by atoms with van der Waals surface area (Å²) in [6.07, 6.45) is 0.138. The molecule has 25 heavy (non-hydrogen) atoms. The summed E-state index contributed by atoms with van der Waals surface area (Å²) in [6, 6.07) is 11.4. The van der Waals surface area contributed by atoms with Crippen molar-refractivity contribution in [1.82, 2.24) is 4.90 Å². The van der Waals surface area contributed by atoms with E-state index in [-0.39, 0.29) is 5.82 Å². The van der Waals surface area contributed by atoms with Gasteiger partial charge in [0.1, 0.15) is 5.82 Å². The van der Waals surface area contributed by atoms with Crippen LogP contribution >= 0.6 is 23.2 Å². The average Bonchev–Trinajstić information content (AvgIpc) is 2.60. The predicted molar refractivity (Wildman–Crippen MR) is 97.4 cm³/mol. The van der Waals surface area contributed by atoms with E-state index < -0.39 is 11.7 Å². The van der Waals surface area contributed by atoms with Crippen LogP contribution in [0.3, 0.4) is 0 Å². The van der Waals surface area contributed by atoms with Crippen LogP contribution in [0.15, 0.2) is 42.5 Å². The summed E-state index contributed by atoms with van der Waals surface area (Å²) in [5.41, 5.74) is -0.111. The molecule has 134 valence electrons. The second kappa shape index (κ2) is 7.60. The van der Waals surface area contributed by atoms with Gasteiger partial charge in [-0.1, -0.05) is 47.5 Å². The highest BCUT2D eigenvalue weighted by Gasteiger charge is 2.36. The molecular formula is C19H20Cl2FNO2. The molecule has 6 heteroatoms. The first-order valence-electron chi connectivity index (χ1n) is 8.22. The van der Waals surface area contributed by atoms with E-state index in [1.165, 1.54) is 6.07 Å². The number of benzene rings is 2. The van der Waals surface area contributed by atoms with Gasteiger partial charge in [-0.25, -0.2) is 4.39 Å². The number of piperidine rings is 1. The summed E-state index contributed by atoms with van der Waals surface area (Å²) in [7, 11) is 0. The molecule has 0 bridgehead atoms. The van der Waals surface area contributed by atoms with Gasteiger partial charge in [-0.3, -0.25) is 0 Å².